The fourth-order valence-corrected chi connectivity index (χ4v) is 7.27. The Morgan fingerprint density at radius 3 is 2.64 bits per heavy atom. The van der Waals surface area contributed by atoms with Gasteiger partial charge in [0.1, 0.15) is 11.6 Å². The average Bonchev–Trinajstić information content (AvgIpc) is 3.43. The number of anilines is 1. The van der Waals surface area contributed by atoms with Gasteiger partial charge in [0.25, 0.3) is 0 Å². The minimum atomic E-state index is -1.20. The molecule has 3 fully saturated rings. The number of fused-ring (bicyclic) bond motifs is 2. The number of nitrogens with one attached hydrogen (secondary N) is 1. The van der Waals surface area contributed by atoms with E-state index in [0.717, 1.165) is 10.8 Å². The van der Waals surface area contributed by atoms with Crippen LogP contribution in [0.3, 0.4) is 0 Å². The minimum absolute atomic E-state index is 0.122. The largest absolute Gasteiger partial charge is 0.466 e. The molecule has 0 saturated carbocycles. The van der Waals surface area contributed by atoms with Crippen LogP contribution in [0.15, 0.2) is 42.5 Å². The molecule has 1 spiro atoms. The van der Waals surface area contributed by atoms with E-state index in [9.17, 15) is 19.5 Å². The first-order valence-corrected chi connectivity index (χ1v) is 13.4. The van der Waals surface area contributed by atoms with Gasteiger partial charge in [0.15, 0.2) is 0 Å². The van der Waals surface area contributed by atoms with Crippen molar-refractivity contribution >= 4 is 50.2 Å². The van der Waals surface area contributed by atoms with Crippen molar-refractivity contribution in [3.05, 3.63) is 42.5 Å². The zero-order valence-electron chi connectivity index (χ0n) is 20.5. The lowest BCUT2D eigenvalue weighted by molar-refractivity contribution is -0.155. The number of esters is 1. The standard InChI is InChI=1S/C27H31BrN2O6/c1-4-35-26(34)20-21-25(33)30(19(13-31)14(2)3)23(27(21)12-18(28)22(20)36-27)24(32)29-17-10-9-15-7-5-6-8-16(15)11-17/h5-11,14,18-23,31H,4,12-13H2,1-3H3,(H,29,32)/t18?,19-,20-,21-,22-,23?,27?/m0/s1. The van der Waals surface area contributed by atoms with Crippen LogP contribution in [-0.4, -0.2) is 69.6 Å². The summed E-state index contributed by atoms with van der Waals surface area (Å²) in [6, 6.07) is 11.9. The quantitative estimate of drug-likeness (QED) is 0.399. The summed E-state index contributed by atoms with van der Waals surface area (Å²) in [6.07, 6.45) is -0.172. The Morgan fingerprint density at radius 1 is 1.25 bits per heavy atom. The zero-order chi connectivity index (χ0) is 25.8. The number of alkyl halides is 1. The molecule has 2 amide bonds. The molecular formula is C27H31BrN2O6. The van der Waals surface area contributed by atoms with E-state index >= 15 is 0 Å². The monoisotopic (exact) mass is 558 g/mol. The van der Waals surface area contributed by atoms with E-state index in [1.54, 1.807) is 6.92 Å². The van der Waals surface area contributed by atoms with Crippen molar-refractivity contribution in [2.24, 2.45) is 17.8 Å². The number of carbonyl (C=O) groups is 3. The van der Waals surface area contributed by atoms with Crippen molar-refractivity contribution in [3.8, 4) is 0 Å². The van der Waals surface area contributed by atoms with E-state index < -0.39 is 47.5 Å². The molecule has 8 nitrogen and oxygen atoms in total. The van der Waals surface area contributed by atoms with E-state index in [4.69, 9.17) is 9.47 Å². The van der Waals surface area contributed by atoms with Crippen LogP contribution in [0.2, 0.25) is 0 Å². The molecule has 0 radical (unpaired) electrons. The van der Waals surface area contributed by atoms with Gasteiger partial charge in [0.05, 0.1) is 37.2 Å². The van der Waals surface area contributed by atoms with Gasteiger partial charge >= 0.3 is 5.97 Å². The number of carbonyl (C=O) groups excluding carboxylic acids is 3. The normalized spacial score (nSPS) is 31.7. The Kier molecular flexibility index (Phi) is 6.59. The van der Waals surface area contributed by atoms with Crippen LogP contribution in [0.1, 0.15) is 27.2 Å². The number of rotatable bonds is 7. The number of amides is 2. The molecule has 9 heteroatoms. The number of ether oxygens (including phenoxy) is 2. The van der Waals surface area contributed by atoms with Crippen molar-refractivity contribution in [1.29, 1.82) is 0 Å². The fraction of sp³-hybridized carbons (Fsp3) is 0.519. The molecule has 192 valence electrons. The molecular weight excluding hydrogens is 528 g/mol. The van der Waals surface area contributed by atoms with Gasteiger partial charge in [-0.05, 0) is 42.2 Å². The van der Waals surface area contributed by atoms with Gasteiger partial charge in [-0.2, -0.15) is 0 Å². The highest BCUT2D eigenvalue weighted by Gasteiger charge is 2.77. The van der Waals surface area contributed by atoms with Gasteiger partial charge in [-0.1, -0.05) is 60.1 Å². The number of aliphatic hydroxyl groups excluding tert-OH is 1. The maximum Gasteiger partial charge on any atom is 0.312 e. The molecule has 2 aromatic rings. The lowest BCUT2D eigenvalue weighted by atomic mass is 9.70. The fourth-order valence-electron chi connectivity index (χ4n) is 6.33. The summed E-state index contributed by atoms with van der Waals surface area (Å²) in [6.45, 7) is 5.39. The molecule has 2 bridgehead atoms. The second kappa shape index (κ2) is 9.43. The highest BCUT2D eigenvalue weighted by Crippen LogP contribution is 2.60. The molecule has 3 aliphatic rings. The smallest absolute Gasteiger partial charge is 0.312 e. The van der Waals surface area contributed by atoms with Crippen molar-refractivity contribution in [2.75, 3.05) is 18.5 Å². The SMILES string of the molecule is CCOC(=O)[C@H]1[C@H]2C(=O)N([C@@H](CO)C(C)C)C(C(=O)Nc3ccc4ccccc4c3)C23CC(Br)[C@@H]1O3. The first-order chi connectivity index (χ1) is 17.2. The van der Waals surface area contributed by atoms with Gasteiger partial charge in [-0.25, -0.2) is 0 Å². The predicted octanol–water partition coefficient (Wildman–Crippen LogP) is 3.11. The Labute approximate surface area is 218 Å². The molecule has 3 saturated heterocycles. The number of likely N-dealkylation sites (tertiary alicyclic amines) is 1. The van der Waals surface area contributed by atoms with Crippen molar-refractivity contribution in [2.45, 2.75) is 55.8 Å². The summed E-state index contributed by atoms with van der Waals surface area (Å²) in [5.74, 6) is -3.03. The summed E-state index contributed by atoms with van der Waals surface area (Å²) in [7, 11) is 0. The highest BCUT2D eigenvalue weighted by atomic mass is 79.9. The first-order valence-electron chi connectivity index (χ1n) is 12.4. The third kappa shape index (κ3) is 3.74. The Hall–Kier alpha value is -2.49. The van der Waals surface area contributed by atoms with Crippen LogP contribution in [0, 0.1) is 17.8 Å². The zero-order valence-corrected chi connectivity index (χ0v) is 22.1. The van der Waals surface area contributed by atoms with Crippen LogP contribution < -0.4 is 5.32 Å². The average molecular weight is 559 g/mol. The summed E-state index contributed by atoms with van der Waals surface area (Å²) >= 11 is 3.64. The van der Waals surface area contributed by atoms with E-state index in [0.29, 0.717) is 12.1 Å². The first kappa shape index (κ1) is 25.2. The highest BCUT2D eigenvalue weighted by molar-refractivity contribution is 9.09. The van der Waals surface area contributed by atoms with E-state index in [2.05, 4.69) is 21.2 Å². The molecule has 3 unspecified atom stereocenters. The van der Waals surface area contributed by atoms with Gasteiger partial charge in [0.2, 0.25) is 11.8 Å². The predicted molar refractivity (Wildman–Crippen MR) is 137 cm³/mol. The van der Waals surface area contributed by atoms with Gasteiger partial charge in [0, 0.05) is 10.5 Å². The number of hydrogen-bond acceptors (Lipinski definition) is 6. The second-order valence-corrected chi connectivity index (χ2v) is 11.4. The number of hydrogen-bond donors (Lipinski definition) is 2. The maximum atomic E-state index is 14.0. The molecule has 3 heterocycles. The molecule has 0 aromatic heterocycles. The topological polar surface area (TPSA) is 105 Å². The Morgan fingerprint density at radius 2 is 1.97 bits per heavy atom. The number of benzene rings is 2. The minimum Gasteiger partial charge on any atom is -0.466 e. The van der Waals surface area contributed by atoms with Crippen molar-refractivity contribution in [1.82, 2.24) is 4.90 Å². The van der Waals surface area contributed by atoms with Crippen LogP contribution in [0.5, 0.6) is 0 Å². The number of halogens is 1. The maximum absolute atomic E-state index is 14.0. The Balaban J connectivity index is 1.56. The van der Waals surface area contributed by atoms with Crippen molar-refractivity contribution < 1.29 is 29.0 Å². The molecule has 5 rings (SSSR count). The summed E-state index contributed by atoms with van der Waals surface area (Å²) in [5, 5.41) is 15.3. The van der Waals surface area contributed by atoms with Gasteiger partial charge in [-0.3, -0.25) is 14.4 Å². The van der Waals surface area contributed by atoms with E-state index in [1.165, 1.54) is 4.90 Å². The number of aliphatic hydroxyl groups is 1. The van der Waals surface area contributed by atoms with Gasteiger partial charge < -0.3 is 24.8 Å². The molecule has 0 aliphatic carbocycles. The lowest BCUT2D eigenvalue weighted by Crippen LogP contribution is -2.57. The van der Waals surface area contributed by atoms with E-state index in [-0.39, 0.29) is 29.9 Å². The third-order valence-electron chi connectivity index (χ3n) is 7.87. The van der Waals surface area contributed by atoms with Crippen LogP contribution in [-0.2, 0) is 23.9 Å². The third-order valence-corrected chi connectivity index (χ3v) is 8.71. The van der Waals surface area contributed by atoms with Crippen molar-refractivity contribution in [3.63, 3.8) is 0 Å². The number of nitrogens with zero attached hydrogens (tertiary/aromatic N) is 1. The summed E-state index contributed by atoms with van der Waals surface area (Å²) in [5.41, 5.74) is -0.600. The summed E-state index contributed by atoms with van der Waals surface area (Å²) in [4.78, 5) is 42.2. The van der Waals surface area contributed by atoms with Gasteiger partial charge in [-0.15, -0.1) is 0 Å². The molecule has 3 aliphatic heterocycles. The van der Waals surface area contributed by atoms with Crippen LogP contribution >= 0.6 is 15.9 Å². The molecule has 36 heavy (non-hydrogen) atoms. The molecule has 2 aromatic carbocycles. The van der Waals surface area contributed by atoms with Crippen LogP contribution in [0.4, 0.5) is 5.69 Å². The van der Waals surface area contributed by atoms with E-state index in [1.807, 2.05) is 56.3 Å². The lowest BCUT2D eigenvalue weighted by Gasteiger charge is -2.38. The van der Waals surface area contributed by atoms with Crippen LogP contribution in [0.25, 0.3) is 10.8 Å². The molecule has 2 N–H and O–H groups in total. The Bertz CT molecular complexity index is 1200. The second-order valence-electron chi connectivity index (χ2n) is 10.2. The molecule has 7 atom stereocenters. The summed E-state index contributed by atoms with van der Waals surface area (Å²) < 4.78 is 11.8.